The van der Waals surface area contributed by atoms with Gasteiger partial charge in [0, 0.05) is 20.1 Å². The van der Waals surface area contributed by atoms with E-state index in [1.54, 1.807) is 12.0 Å². The maximum Gasteiger partial charge on any atom is 0.339 e. The summed E-state index contributed by atoms with van der Waals surface area (Å²) in [6.45, 7) is 2.46. The number of ether oxygens (including phenoxy) is 3. The van der Waals surface area contributed by atoms with Crippen LogP contribution in [0.2, 0.25) is 0 Å². The number of amides is 2. The highest BCUT2D eigenvalue weighted by atomic mass is 16.5. The van der Waals surface area contributed by atoms with Gasteiger partial charge >= 0.3 is 11.9 Å². The monoisotopic (exact) mass is 392 g/mol. The molecule has 0 bridgehead atoms. The summed E-state index contributed by atoms with van der Waals surface area (Å²) < 4.78 is 14.5. The molecule has 2 atom stereocenters. The number of hydrogen-bond donors (Lipinski definition) is 1. The predicted octanol–water partition coefficient (Wildman–Crippen LogP) is 1.08. The van der Waals surface area contributed by atoms with Crippen LogP contribution in [0.3, 0.4) is 0 Å². The first-order chi connectivity index (χ1) is 13.3. The van der Waals surface area contributed by atoms with E-state index in [9.17, 15) is 19.2 Å². The van der Waals surface area contributed by atoms with Gasteiger partial charge in [-0.25, -0.2) is 9.59 Å². The van der Waals surface area contributed by atoms with E-state index >= 15 is 0 Å². The smallest absolute Gasteiger partial charge is 0.339 e. The average molecular weight is 392 g/mol. The minimum atomic E-state index is -0.662. The average Bonchev–Trinajstić information content (AvgIpc) is 3.08. The molecule has 1 aromatic carbocycles. The molecule has 1 aliphatic rings. The summed E-state index contributed by atoms with van der Waals surface area (Å²) in [5.41, 5.74) is 0.385. The fourth-order valence-corrected chi connectivity index (χ4v) is 3.08. The number of esters is 2. The van der Waals surface area contributed by atoms with Crippen LogP contribution >= 0.6 is 0 Å². The standard InChI is InChI=1S/C19H24N2O7/c1-11(10-26-2)21-9-13(8-16(21)22)17(23)20-15-7-12(18(24)27-3)5-6-14(15)19(25)28-4/h5-7,11,13H,8-10H2,1-4H3,(H,20,23)/t11-,13+/m0/s1. The molecule has 9 heteroatoms. The zero-order valence-electron chi connectivity index (χ0n) is 16.3. The van der Waals surface area contributed by atoms with Crippen molar-refractivity contribution in [3.05, 3.63) is 29.3 Å². The van der Waals surface area contributed by atoms with Crippen molar-refractivity contribution in [2.75, 3.05) is 39.8 Å². The molecule has 1 fully saturated rings. The molecule has 1 saturated heterocycles. The molecule has 1 N–H and O–H groups in total. The van der Waals surface area contributed by atoms with Crippen molar-refractivity contribution >= 4 is 29.4 Å². The maximum absolute atomic E-state index is 12.7. The summed E-state index contributed by atoms with van der Waals surface area (Å²) in [6, 6.07) is 3.98. The lowest BCUT2D eigenvalue weighted by atomic mass is 10.1. The summed E-state index contributed by atoms with van der Waals surface area (Å²) in [5, 5.41) is 2.64. The quantitative estimate of drug-likeness (QED) is 0.691. The van der Waals surface area contributed by atoms with Crippen molar-refractivity contribution < 1.29 is 33.4 Å². The van der Waals surface area contributed by atoms with Crippen LogP contribution in [0.5, 0.6) is 0 Å². The molecule has 28 heavy (non-hydrogen) atoms. The zero-order chi connectivity index (χ0) is 20.8. The van der Waals surface area contributed by atoms with E-state index in [2.05, 4.69) is 10.1 Å². The number of benzene rings is 1. The zero-order valence-corrected chi connectivity index (χ0v) is 16.3. The largest absolute Gasteiger partial charge is 0.465 e. The topological polar surface area (TPSA) is 111 Å². The molecule has 1 aliphatic heterocycles. The van der Waals surface area contributed by atoms with Gasteiger partial charge in [0.2, 0.25) is 11.8 Å². The van der Waals surface area contributed by atoms with Crippen molar-refractivity contribution in [3.63, 3.8) is 0 Å². The van der Waals surface area contributed by atoms with Crippen LogP contribution in [0.1, 0.15) is 34.1 Å². The highest BCUT2D eigenvalue weighted by molar-refractivity contribution is 6.05. The fourth-order valence-electron chi connectivity index (χ4n) is 3.08. The van der Waals surface area contributed by atoms with Crippen LogP contribution in [-0.4, -0.2) is 69.2 Å². The van der Waals surface area contributed by atoms with Crippen molar-refractivity contribution in [2.24, 2.45) is 5.92 Å². The summed E-state index contributed by atoms with van der Waals surface area (Å²) >= 11 is 0. The van der Waals surface area contributed by atoms with Gasteiger partial charge < -0.3 is 24.4 Å². The SMILES string of the molecule is COC[C@H](C)N1C[C@H](C(=O)Nc2cc(C(=O)OC)ccc2C(=O)OC)CC1=O. The summed E-state index contributed by atoms with van der Waals surface area (Å²) in [5.74, 6) is -2.42. The fraction of sp³-hybridized carbons (Fsp3) is 0.474. The van der Waals surface area contributed by atoms with E-state index in [4.69, 9.17) is 9.47 Å². The normalized spacial score (nSPS) is 17.2. The van der Waals surface area contributed by atoms with Gasteiger partial charge in [-0.05, 0) is 25.1 Å². The lowest BCUT2D eigenvalue weighted by Crippen LogP contribution is -2.38. The molecule has 0 unspecified atom stereocenters. The van der Waals surface area contributed by atoms with Gasteiger partial charge in [-0.3, -0.25) is 9.59 Å². The van der Waals surface area contributed by atoms with Gasteiger partial charge in [0.05, 0.1) is 49.6 Å². The number of carbonyl (C=O) groups is 4. The minimum Gasteiger partial charge on any atom is -0.465 e. The molecule has 0 spiro atoms. The highest BCUT2D eigenvalue weighted by Crippen LogP contribution is 2.25. The Kier molecular flexibility index (Phi) is 7.11. The number of likely N-dealkylation sites (tertiary alicyclic amines) is 1. The Balaban J connectivity index is 2.21. The van der Waals surface area contributed by atoms with Gasteiger partial charge in [0.15, 0.2) is 0 Å². The van der Waals surface area contributed by atoms with E-state index in [1.807, 2.05) is 6.92 Å². The molecular formula is C19H24N2O7. The number of hydrogen-bond acceptors (Lipinski definition) is 7. The molecule has 0 aliphatic carbocycles. The highest BCUT2D eigenvalue weighted by Gasteiger charge is 2.37. The van der Waals surface area contributed by atoms with Crippen LogP contribution in [0.25, 0.3) is 0 Å². The number of rotatable bonds is 7. The molecule has 0 aromatic heterocycles. The first-order valence-corrected chi connectivity index (χ1v) is 8.72. The van der Waals surface area contributed by atoms with Gasteiger partial charge in [0.1, 0.15) is 0 Å². The van der Waals surface area contributed by atoms with Gasteiger partial charge in [-0.2, -0.15) is 0 Å². The summed E-state index contributed by atoms with van der Waals surface area (Å²) in [7, 11) is 3.99. The van der Waals surface area contributed by atoms with Gasteiger partial charge in [-0.15, -0.1) is 0 Å². The Morgan fingerprint density at radius 1 is 1.18 bits per heavy atom. The van der Waals surface area contributed by atoms with Gasteiger partial charge in [-0.1, -0.05) is 0 Å². The molecule has 0 radical (unpaired) electrons. The summed E-state index contributed by atoms with van der Waals surface area (Å²) in [4.78, 5) is 50.3. The van der Waals surface area contributed by atoms with E-state index in [-0.39, 0.29) is 41.7 Å². The number of carbonyl (C=O) groups excluding carboxylic acids is 4. The second-order valence-electron chi connectivity index (χ2n) is 6.48. The number of nitrogens with one attached hydrogen (secondary N) is 1. The lowest BCUT2D eigenvalue weighted by molar-refractivity contribution is -0.130. The van der Waals surface area contributed by atoms with E-state index in [0.717, 1.165) is 0 Å². The third-order valence-corrected chi connectivity index (χ3v) is 4.57. The molecule has 2 amide bonds. The van der Waals surface area contributed by atoms with Crippen LogP contribution in [0.4, 0.5) is 5.69 Å². The third-order valence-electron chi connectivity index (χ3n) is 4.57. The second-order valence-corrected chi connectivity index (χ2v) is 6.48. The Morgan fingerprint density at radius 3 is 2.46 bits per heavy atom. The molecule has 1 aromatic rings. The third kappa shape index (κ3) is 4.66. The first-order valence-electron chi connectivity index (χ1n) is 8.72. The van der Waals surface area contributed by atoms with Crippen LogP contribution in [0, 0.1) is 5.92 Å². The van der Waals surface area contributed by atoms with Crippen molar-refractivity contribution in [1.82, 2.24) is 4.90 Å². The Hall–Kier alpha value is -2.94. The van der Waals surface area contributed by atoms with E-state index < -0.39 is 23.8 Å². The number of anilines is 1. The Labute approximate surface area is 162 Å². The molecular weight excluding hydrogens is 368 g/mol. The predicted molar refractivity (Wildman–Crippen MR) is 98.9 cm³/mol. The van der Waals surface area contributed by atoms with Crippen LogP contribution in [0.15, 0.2) is 18.2 Å². The maximum atomic E-state index is 12.7. The van der Waals surface area contributed by atoms with E-state index in [0.29, 0.717) is 6.61 Å². The van der Waals surface area contributed by atoms with Crippen molar-refractivity contribution in [3.8, 4) is 0 Å². The molecule has 152 valence electrons. The summed E-state index contributed by atoms with van der Waals surface area (Å²) in [6.07, 6.45) is 0.0597. The number of methoxy groups -OCH3 is 3. The molecule has 2 rings (SSSR count). The Bertz CT molecular complexity index is 778. The van der Waals surface area contributed by atoms with Crippen molar-refractivity contribution in [2.45, 2.75) is 19.4 Å². The second kappa shape index (κ2) is 9.32. The first kappa shape index (κ1) is 21.4. The molecule has 1 heterocycles. The van der Waals surface area contributed by atoms with Crippen molar-refractivity contribution in [1.29, 1.82) is 0 Å². The molecule has 0 saturated carbocycles. The molecule has 9 nitrogen and oxygen atoms in total. The van der Waals surface area contributed by atoms with Crippen LogP contribution < -0.4 is 5.32 Å². The number of nitrogens with zero attached hydrogens (tertiary/aromatic N) is 1. The van der Waals surface area contributed by atoms with Crippen LogP contribution in [-0.2, 0) is 23.8 Å². The van der Waals surface area contributed by atoms with E-state index in [1.165, 1.54) is 32.4 Å². The Morgan fingerprint density at radius 2 is 1.86 bits per heavy atom. The lowest BCUT2D eigenvalue weighted by Gasteiger charge is -2.24. The van der Waals surface area contributed by atoms with Gasteiger partial charge in [0.25, 0.3) is 0 Å². The minimum absolute atomic E-state index is 0.0597.